The summed E-state index contributed by atoms with van der Waals surface area (Å²) in [5.74, 6) is 0.731. The standard InChI is InChI=1S/C12H17BrO2Si/c1-8-6-10(9(2)14)12(11(13)7-8)15-16(3,4)5/h6-7H,1-5H3. The van der Waals surface area contributed by atoms with E-state index in [1.165, 1.54) is 0 Å². The quantitative estimate of drug-likeness (QED) is 0.618. The van der Waals surface area contributed by atoms with Crippen LogP contribution in [0.3, 0.4) is 0 Å². The first-order valence-corrected chi connectivity index (χ1v) is 9.41. The average molecular weight is 301 g/mol. The number of hydrogen-bond acceptors (Lipinski definition) is 2. The molecule has 0 aliphatic carbocycles. The summed E-state index contributed by atoms with van der Waals surface area (Å²) in [6, 6.07) is 3.85. The van der Waals surface area contributed by atoms with Gasteiger partial charge < -0.3 is 4.43 Å². The molecule has 0 heterocycles. The Morgan fingerprint density at radius 2 is 1.88 bits per heavy atom. The zero-order valence-corrected chi connectivity index (χ0v) is 12.9. The molecule has 1 rings (SSSR count). The van der Waals surface area contributed by atoms with Gasteiger partial charge >= 0.3 is 0 Å². The van der Waals surface area contributed by atoms with E-state index in [4.69, 9.17) is 4.43 Å². The fourth-order valence-corrected chi connectivity index (χ4v) is 3.04. The second-order valence-corrected chi connectivity index (χ2v) is 10.2. The molecule has 0 bridgehead atoms. The minimum atomic E-state index is -1.71. The van der Waals surface area contributed by atoms with Crippen LogP contribution in [-0.4, -0.2) is 14.1 Å². The zero-order valence-electron chi connectivity index (χ0n) is 10.3. The third-order valence-corrected chi connectivity index (χ3v) is 3.38. The molecule has 88 valence electrons. The summed E-state index contributed by atoms with van der Waals surface area (Å²) in [5, 5.41) is 0. The largest absolute Gasteiger partial charge is 0.543 e. The van der Waals surface area contributed by atoms with Crippen molar-refractivity contribution in [1.29, 1.82) is 0 Å². The van der Waals surface area contributed by atoms with Crippen molar-refractivity contribution in [3.05, 3.63) is 27.7 Å². The molecule has 1 aromatic carbocycles. The maximum Gasteiger partial charge on any atom is 0.242 e. The van der Waals surface area contributed by atoms with Gasteiger partial charge in [-0.15, -0.1) is 0 Å². The van der Waals surface area contributed by atoms with Crippen LogP contribution in [-0.2, 0) is 0 Å². The monoisotopic (exact) mass is 300 g/mol. The number of ketones is 1. The van der Waals surface area contributed by atoms with Gasteiger partial charge in [0.1, 0.15) is 5.75 Å². The van der Waals surface area contributed by atoms with Crippen molar-refractivity contribution in [1.82, 2.24) is 0 Å². The Hall–Kier alpha value is -0.613. The maximum atomic E-state index is 11.6. The number of aryl methyl sites for hydroxylation is 1. The smallest absolute Gasteiger partial charge is 0.242 e. The van der Waals surface area contributed by atoms with Crippen molar-refractivity contribution in [3.63, 3.8) is 0 Å². The van der Waals surface area contributed by atoms with Gasteiger partial charge in [0.15, 0.2) is 5.78 Å². The van der Waals surface area contributed by atoms with Gasteiger partial charge in [0, 0.05) is 0 Å². The Balaban J connectivity index is 3.30. The molecular weight excluding hydrogens is 284 g/mol. The number of rotatable bonds is 3. The molecule has 4 heteroatoms. The van der Waals surface area contributed by atoms with Crippen LogP contribution in [0.4, 0.5) is 0 Å². The molecule has 0 aliphatic heterocycles. The molecular formula is C12H17BrO2Si. The van der Waals surface area contributed by atoms with E-state index in [2.05, 4.69) is 35.6 Å². The summed E-state index contributed by atoms with van der Waals surface area (Å²) in [4.78, 5) is 11.6. The number of Topliss-reactive ketones (excluding diaryl/α,β-unsaturated/α-hetero) is 1. The van der Waals surface area contributed by atoms with Gasteiger partial charge in [-0.1, -0.05) is 0 Å². The lowest BCUT2D eigenvalue weighted by atomic mass is 10.1. The molecule has 0 amide bonds. The van der Waals surface area contributed by atoms with E-state index < -0.39 is 8.32 Å². The van der Waals surface area contributed by atoms with Gasteiger partial charge in [-0.05, 0) is 67.1 Å². The zero-order chi connectivity index (χ0) is 12.5. The number of carbonyl (C=O) groups excluding carboxylic acids is 1. The second-order valence-electron chi connectivity index (χ2n) is 4.89. The minimum absolute atomic E-state index is 0.0395. The van der Waals surface area contributed by atoms with Crippen LogP contribution >= 0.6 is 15.9 Å². The number of carbonyl (C=O) groups is 1. The van der Waals surface area contributed by atoms with Crippen LogP contribution in [0.2, 0.25) is 19.6 Å². The van der Waals surface area contributed by atoms with Gasteiger partial charge in [-0.2, -0.15) is 0 Å². The van der Waals surface area contributed by atoms with Crippen molar-refractivity contribution in [2.75, 3.05) is 0 Å². The molecule has 0 fully saturated rings. The third-order valence-electron chi connectivity index (χ3n) is 1.98. The van der Waals surface area contributed by atoms with E-state index in [-0.39, 0.29) is 5.78 Å². The molecule has 0 N–H and O–H groups in total. The van der Waals surface area contributed by atoms with E-state index in [1.807, 2.05) is 19.1 Å². The van der Waals surface area contributed by atoms with E-state index in [9.17, 15) is 4.79 Å². The molecule has 16 heavy (non-hydrogen) atoms. The van der Waals surface area contributed by atoms with Crippen molar-refractivity contribution < 1.29 is 9.22 Å². The highest BCUT2D eigenvalue weighted by molar-refractivity contribution is 9.10. The minimum Gasteiger partial charge on any atom is -0.543 e. The van der Waals surface area contributed by atoms with Crippen molar-refractivity contribution in [2.24, 2.45) is 0 Å². The SMILES string of the molecule is CC(=O)c1cc(C)cc(Br)c1O[Si](C)(C)C. The van der Waals surface area contributed by atoms with Gasteiger partial charge in [0.05, 0.1) is 10.0 Å². The fourth-order valence-electron chi connectivity index (χ4n) is 1.40. The average Bonchev–Trinajstić information content (AvgIpc) is 2.07. The Morgan fingerprint density at radius 3 is 2.31 bits per heavy atom. The van der Waals surface area contributed by atoms with Crippen LogP contribution in [0.15, 0.2) is 16.6 Å². The van der Waals surface area contributed by atoms with E-state index in [0.717, 1.165) is 10.0 Å². The van der Waals surface area contributed by atoms with Gasteiger partial charge in [-0.3, -0.25) is 4.79 Å². The topological polar surface area (TPSA) is 26.3 Å². The number of benzene rings is 1. The first kappa shape index (κ1) is 13.5. The highest BCUT2D eigenvalue weighted by Gasteiger charge is 2.21. The van der Waals surface area contributed by atoms with Crippen LogP contribution in [0, 0.1) is 6.92 Å². The summed E-state index contributed by atoms with van der Waals surface area (Å²) in [5.41, 5.74) is 1.72. The Kier molecular flexibility index (Phi) is 3.96. The van der Waals surface area contributed by atoms with Crippen LogP contribution in [0.5, 0.6) is 5.75 Å². The van der Waals surface area contributed by atoms with Crippen LogP contribution in [0.1, 0.15) is 22.8 Å². The van der Waals surface area contributed by atoms with Gasteiger partial charge in [0.25, 0.3) is 0 Å². The molecule has 0 radical (unpaired) electrons. The number of hydrogen-bond donors (Lipinski definition) is 0. The Bertz CT molecular complexity index is 422. The fraction of sp³-hybridized carbons (Fsp3) is 0.417. The molecule has 0 aromatic heterocycles. The summed E-state index contributed by atoms with van der Waals surface area (Å²) >= 11 is 3.46. The summed E-state index contributed by atoms with van der Waals surface area (Å²) in [7, 11) is -1.71. The lowest BCUT2D eigenvalue weighted by Crippen LogP contribution is -2.30. The van der Waals surface area contributed by atoms with E-state index in [1.54, 1.807) is 6.92 Å². The molecule has 0 spiro atoms. The molecule has 2 nitrogen and oxygen atoms in total. The van der Waals surface area contributed by atoms with Crippen molar-refractivity contribution >= 4 is 30.0 Å². The summed E-state index contributed by atoms with van der Waals surface area (Å²) in [6.45, 7) is 9.84. The second kappa shape index (κ2) is 4.71. The molecule has 0 aliphatic rings. The Labute approximate surface area is 106 Å². The first-order valence-electron chi connectivity index (χ1n) is 5.21. The molecule has 0 saturated heterocycles. The van der Waals surface area contributed by atoms with Crippen LogP contribution < -0.4 is 4.43 Å². The van der Waals surface area contributed by atoms with Crippen LogP contribution in [0.25, 0.3) is 0 Å². The van der Waals surface area contributed by atoms with Crippen molar-refractivity contribution in [2.45, 2.75) is 33.5 Å². The first-order chi connectivity index (χ1) is 7.20. The Morgan fingerprint density at radius 1 is 1.31 bits per heavy atom. The summed E-state index contributed by atoms with van der Waals surface area (Å²) in [6.07, 6.45) is 0. The lowest BCUT2D eigenvalue weighted by Gasteiger charge is -2.22. The van der Waals surface area contributed by atoms with E-state index in [0.29, 0.717) is 11.3 Å². The normalized spacial score (nSPS) is 11.4. The highest BCUT2D eigenvalue weighted by atomic mass is 79.9. The van der Waals surface area contributed by atoms with Crippen molar-refractivity contribution in [3.8, 4) is 5.75 Å². The highest BCUT2D eigenvalue weighted by Crippen LogP contribution is 2.33. The summed E-state index contributed by atoms with van der Waals surface area (Å²) < 4.78 is 6.81. The predicted octanol–water partition coefficient (Wildman–Crippen LogP) is 4.17. The van der Waals surface area contributed by atoms with E-state index >= 15 is 0 Å². The predicted molar refractivity (Wildman–Crippen MR) is 72.9 cm³/mol. The van der Waals surface area contributed by atoms with Gasteiger partial charge in [0.2, 0.25) is 8.32 Å². The molecule has 1 aromatic rings. The molecule has 0 unspecified atom stereocenters. The molecule has 0 saturated carbocycles. The number of halogens is 1. The molecule has 0 atom stereocenters. The lowest BCUT2D eigenvalue weighted by molar-refractivity contribution is 0.101. The van der Waals surface area contributed by atoms with Gasteiger partial charge in [-0.25, -0.2) is 0 Å². The third kappa shape index (κ3) is 3.45. The maximum absolute atomic E-state index is 11.6.